The van der Waals surface area contributed by atoms with Gasteiger partial charge in [-0.25, -0.2) is 9.78 Å². The minimum Gasteiger partial charge on any atom is -0.467 e. The van der Waals surface area contributed by atoms with E-state index in [1.165, 1.54) is 36.9 Å². The Balaban J connectivity index is 1.72. The second kappa shape index (κ2) is 11.6. The predicted molar refractivity (Wildman–Crippen MR) is 129 cm³/mol. The highest BCUT2D eigenvalue weighted by molar-refractivity contribution is 5.96. The number of carbonyl (C=O) groups excluding carboxylic acids is 3. The molecule has 9 nitrogen and oxygen atoms in total. The molecule has 182 valence electrons. The van der Waals surface area contributed by atoms with Gasteiger partial charge in [-0.15, -0.1) is 0 Å². The SMILES string of the molecule is COC(=O)c1ccc([C@@H](C(=O)NCc2ccccc2)N(Cc2ccco2)C(=O)c2cnccn2)cc1. The van der Waals surface area contributed by atoms with Gasteiger partial charge in [-0.3, -0.25) is 14.6 Å². The Bertz CT molecular complexity index is 1290. The molecule has 4 aromatic rings. The lowest BCUT2D eigenvalue weighted by molar-refractivity contribution is -0.126. The van der Waals surface area contributed by atoms with E-state index in [2.05, 4.69) is 15.3 Å². The maximum atomic E-state index is 13.6. The molecule has 0 fully saturated rings. The molecule has 0 bridgehead atoms. The summed E-state index contributed by atoms with van der Waals surface area (Å²) in [5.41, 5.74) is 1.80. The lowest BCUT2D eigenvalue weighted by atomic mass is 10.0. The van der Waals surface area contributed by atoms with Crippen molar-refractivity contribution in [3.8, 4) is 0 Å². The number of hydrogen-bond donors (Lipinski definition) is 1. The fraction of sp³-hybridized carbons (Fsp3) is 0.148. The quantitative estimate of drug-likeness (QED) is 0.361. The molecule has 9 heteroatoms. The van der Waals surface area contributed by atoms with E-state index < -0.39 is 23.8 Å². The number of methoxy groups -OCH3 is 1. The van der Waals surface area contributed by atoms with Crippen molar-refractivity contribution in [3.63, 3.8) is 0 Å². The number of amides is 2. The molecule has 4 rings (SSSR count). The van der Waals surface area contributed by atoms with Crippen LogP contribution in [0.3, 0.4) is 0 Å². The van der Waals surface area contributed by atoms with E-state index in [0.29, 0.717) is 16.9 Å². The Morgan fingerprint density at radius 3 is 2.42 bits per heavy atom. The lowest BCUT2D eigenvalue weighted by Crippen LogP contribution is -2.43. The average molecular weight is 485 g/mol. The first-order valence-electron chi connectivity index (χ1n) is 11.2. The molecule has 0 aliphatic carbocycles. The van der Waals surface area contributed by atoms with Crippen LogP contribution >= 0.6 is 0 Å². The van der Waals surface area contributed by atoms with E-state index in [0.717, 1.165) is 5.56 Å². The molecule has 36 heavy (non-hydrogen) atoms. The molecular weight excluding hydrogens is 460 g/mol. The molecule has 0 radical (unpaired) electrons. The van der Waals surface area contributed by atoms with Gasteiger partial charge in [0, 0.05) is 18.9 Å². The molecule has 0 saturated heterocycles. The van der Waals surface area contributed by atoms with Gasteiger partial charge in [-0.1, -0.05) is 42.5 Å². The summed E-state index contributed by atoms with van der Waals surface area (Å²) in [5.74, 6) is -0.932. The monoisotopic (exact) mass is 484 g/mol. The van der Waals surface area contributed by atoms with E-state index in [-0.39, 0.29) is 18.8 Å². The Hall–Kier alpha value is -4.79. The van der Waals surface area contributed by atoms with Gasteiger partial charge in [-0.2, -0.15) is 0 Å². The van der Waals surface area contributed by atoms with Crippen molar-refractivity contribution in [2.45, 2.75) is 19.1 Å². The summed E-state index contributed by atoms with van der Waals surface area (Å²) in [4.78, 5) is 48.7. The van der Waals surface area contributed by atoms with Crippen LogP contribution in [0.15, 0.2) is 96.0 Å². The highest BCUT2D eigenvalue weighted by Crippen LogP contribution is 2.26. The molecule has 0 spiro atoms. The molecule has 0 saturated carbocycles. The van der Waals surface area contributed by atoms with Crippen molar-refractivity contribution in [3.05, 3.63) is 120 Å². The second-order valence-corrected chi connectivity index (χ2v) is 7.82. The number of benzene rings is 2. The van der Waals surface area contributed by atoms with Crippen LogP contribution in [0.4, 0.5) is 0 Å². The van der Waals surface area contributed by atoms with Crippen molar-refractivity contribution in [1.29, 1.82) is 0 Å². The molecular formula is C27H24N4O5. The van der Waals surface area contributed by atoms with Crippen molar-refractivity contribution in [2.24, 2.45) is 0 Å². The fourth-order valence-electron chi connectivity index (χ4n) is 3.68. The summed E-state index contributed by atoms with van der Waals surface area (Å²) >= 11 is 0. The second-order valence-electron chi connectivity index (χ2n) is 7.82. The van der Waals surface area contributed by atoms with Crippen LogP contribution in [-0.4, -0.2) is 39.8 Å². The van der Waals surface area contributed by atoms with Gasteiger partial charge in [0.15, 0.2) is 0 Å². The Morgan fingerprint density at radius 2 is 1.78 bits per heavy atom. The summed E-state index contributed by atoms with van der Waals surface area (Å²) in [7, 11) is 1.29. The number of rotatable bonds is 9. The molecule has 1 atom stereocenters. The van der Waals surface area contributed by atoms with Gasteiger partial charge in [0.05, 0.1) is 31.7 Å². The zero-order chi connectivity index (χ0) is 25.3. The Labute approximate surface area is 207 Å². The smallest absolute Gasteiger partial charge is 0.337 e. The van der Waals surface area contributed by atoms with Crippen LogP contribution < -0.4 is 5.32 Å². The molecule has 0 aliphatic heterocycles. The van der Waals surface area contributed by atoms with E-state index in [1.807, 2.05) is 30.3 Å². The van der Waals surface area contributed by atoms with Gasteiger partial charge < -0.3 is 19.4 Å². The van der Waals surface area contributed by atoms with Crippen LogP contribution in [0.1, 0.15) is 43.8 Å². The summed E-state index contributed by atoms with van der Waals surface area (Å²) < 4.78 is 10.3. The number of nitrogens with one attached hydrogen (secondary N) is 1. The summed E-state index contributed by atoms with van der Waals surface area (Å²) in [6, 6.07) is 18.2. The largest absolute Gasteiger partial charge is 0.467 e. The molecule has 0 aliphatic rings. The molecule has 0 unspecified atom stereocenters. The molecule has 1 N–H and O–H groups in total. The van der Waals surface area contributed by atoms with Gasteiger partial charge in [0.25, 0.3) is 5.91 Å². The summed E-state index contributed by atoms with van der Waals surface area (Å²) in [5, 5.41) is 2.92. The number of furan rings is 1. The van der Waals surface area contributed by atoms with Crippen molar-refractivity contribution >= 4 is 17.8 Å². The van der Waals surface area contributed by atoms with Gasteiger partial charge in [-0.05, 0) is 35.4 Å². The third kappa shape index (κ3) is 5.82. The molecule has 2 amide bonds. The van der Waals surface area contributed by atoms with Gasteiger partial charge in [0.2, 0.25) is 5.91 Å². The van der Waals surface area contributed by atoms with Crippen LogP contribution in [0.5, 0.6) is 0 Å². The minimum atomic E-state index is -1.06. The average Bonchev–Trinajstić information content (AvgIpc) is 3.45. The number of nitrogens with zero attached hydrogens (tertiary/aromatic N) is 3. The highest BCUT2D eigenvalue weighted by atomic mass is 16.5. The standard InChI is InChI=1S/C27H24N4O5/c1-35-27(34)21-11-9-20(10-12-21)24(25(32)30-16-19-6-3-2-4-7-19)31(18-22-8-5-15-36-22)26(33)23-17-28-13-14-29-23/h2-15,17,24H,16,18H2,1H3,(H,30,32)/t24-/m0/s1. The molecule has 2 aromatic carbocycles. The maximum absolute atomic E-state index is 13.6. The lowest BCUT2D eigenvalue weighted by Gasteiger charge is -2.30. The normalized spacial score (nSPS) is 11.4. The summed E-state index contributed by atoms with van der Waals surface area (Å²) in [6.45, 7) is 0.273. The van der Waals surface area contributed by atoms with Crippen molar-refractivity contribution in [2.75, 3.05) is 7.11 Å². The fourth-order valence-corrected chi connectivity index (χ4v) is 3.68. The predicted octanol–water partition coefficient (Wildman–Crippen LogP) is 3.56. The van der Waals surface area contributed by atoms with Crippen LogP contribution in [0.25, 0.3) is 0 Å². The topological polar surface area (TPSA) is 115 Å². The van der Waals surface area contributed by atoms with E-state index in [9.17, 15) is 14.4 Å². The van der Waals surface area contributed by atoms with Gasteiger partial charge in [0.1, 0.15) is 17.5 Å². The van der Waals surface area contributed by atoms with E-state index in [4.69, 9.17) is 9.15 Å². The van der Waals surface area contributed by atoms with Crippen molar-refractivity contribution < 1.29 is 23.5 Å². The first kappa shape index (κ1) is 24.3. The van der Waals surface area contributed by atoms with Crippen LogP contribution in [-0.2, 0) is 22.6 Å². The number of hydrogen-bond acceptors (Lipinski definition) is 7. The Kier molecular flexibility index (Phi) is 7.82. The first-order chi connectivity index (χ1) is 17.6. The summed E-state index contributed by atoms with van der Waals surface area (Å²) in [6.07, 6.45) is 5.71. The number of ether oxygens (including phenoxy) is 1. The Morgan fingerprint density at radius 1 is 1.00 bits per heavy atom. The van der Waals surface area contributed by atoms with Crippen LogP contribution in [0, 0.1) is 0 Å². The van der Waals surface area contributed by atoms with E-state index >= 15 is 0 Å². The number of esters is 1. The minimum absolute atomic E-state index is 0.00455. The highest BCUT2D eigenvalue weighted by Gasteiger charge is 2.33. The van der Waals surface area contributed by atoms with Gasteiger partial charge >= 0.3 is 5.97 Å². The first-order valence-corrected chi connectivity index (χ1v) is 11.2. The maximum Gasteiger partial charge on any atom is 0.337 e. The number of aromatic nitrogens is 2. The van der Waals surface area contributed by atoms with Crippen LogP contribution in [0.2, 0.25) is 0 Å². The third-order valence-corrected chi connectivity index (χ3v) is 5.47. The van der Waals surface area contributed by atoms with Crippen molar-refractivity contribution in [1.82, 2.24) is 20.2 Å². The van der Waals surface area contributed by atoms with E-state index in [1.54, 1.807) is 36.4 Å². The zero-order valence-corrected chi connectivity index (χ0v) is 19.5. The number of carbonyl (C=O) groups is 3. The zero-order valence-electron chi connectivity index (χ0n) is 19.5. The molecule has 2 heterocycles. The third-order valence-electron chi connectivity index (χ3n) is 5.47. The molecule has 2 aromatic heterocycles.